The molecule has 9 aromatic rings. The molecule has 0 atom stereocenters. The van der Waals surface area contributed by atoms with Crippen molar-refractivity contribution < 1.29 is 26.3 Å². The normalized spacial score (nSPS) is 12.1. The Bertz CT molecular complexity index is 3150. The molecule has 0 aliphatic rings. The maximum atomic E-state index is 15.0. The van der Waals surface area contributed by atoms with Gasteiger partial charge >= 0.3 is 12.4 Å². The molecule has 0 unspecified atom stereocenters. The van der Waals surface area contributed by atoms with Crippen molar-refractivity contribution >= 4 is 43.6 Å². The highest BCUT2D eigenvalue weighted by atomic mass is 19.4. The quantitative estimate of drug-likeness (QED) is 0.168. The van der Waals surface area contributed by atoms with Gasteiger partial charge in [-0.3, -0.25) is 0 Å². The van der Waals surface area contributed by atoms with Crippen molar-refractivity contribution in [2.75, 3.05) is 0 Å². The van der Waals surface area contributed by atoms with Gasteiger partial charge in [0.25, 0.3) is 0 Å². The van der Waals surface area contributed by atoms with Crippen LogP contribution in [0.4, 0.5) is 26.3 Å². The molecule has 0 radical (unpaired) electrons. The van der Waals surface area contributed by atoms with E-state index in [2.05, 4.69) is 12.1 Å². The number of benzene rings is 7. The molecule has 0 spiro atoms. The molecule has 0 amide bonds. The van der Waals surface area contributed by atoms with Gasteiger partial charge in [-0.2, -0.15) is 36.9 Å². The zero-order valence-corrected chi connectivity index (χ0v) is 28.9. The van der Waals surface area contributed by atoms with E-state index in [1.807, 2.05) is 30.3 Å². The molecule has 9 rings (SSSR count). The van der Waals surface area contributed by atoms with Crippen LogP contribution in [-0.4, -0.2) is 9.13 Å². The second-order valence-electron chi connectivity index (χ2n) is 13.4. The second kappa shape index (κ2) is 12.6. The first-order valence-electron chi connectivity index (χ1n) is 17.4. The summed E-state index contributed by atoms with van der Waals surface area (Å²) in [6, 6.07) is 42.8. The van der Waals surface area contributed by atoms with Crippen molar-refractivity contribution in [3.8, 4) is 45.8 Å². The lowest BCUT2D eigenvalue weighted by Gasteiger charge is -2.21. The topological polar surface area (TPSA) is 57.4 Å². The molecule has 2 heterocycles. The molecule has 10 heteroatoms. The average Bonchev–Trinajstić information content (AvgIpc) is 3.72. The molecule has 2 aromatic heterocycles. The van der Waals surface area contributed by atoms with Gasteiger partial charge in [0.15, 0.2) is 0 Å². The molecule has 4 nitrogen and oxygen atoms in total. The van der Waals surface area contributed by atoms with Gasteiger partial charge in [0.2, 0.25) is 0 Å². The molecule has 0 bridgehead atoms. The summed E-state index contributed by atoms with van der Waals surface area (Å²) in [5, 5.41) is 22.5. The Hall–Kier alpha value is -7.30. The third kappa shape index (κ3) is 5.38. The minimum atomic E-state index is -5.02. The maximum absolute atomic E-state index is 15.0. The van der Waals surface area contributed by atoms with Crippen LogP contribution in [0.1, 0.15) is 22.3 Å². The Balaban J connectivity index is 1.35. The van der Waals surface area contributed by atoms with E-state index in [1.165, 1.54) is 18.2 Å². The lowest BCUT2D eigenvalue weighted by Crippen LogP contribution is -2.12. The fourth-order valence-corrected chi connectivity index (χ4v) is 7.92. The first-order chi connectivity index (χ1) is 27.0. The summed E-state index contributed by atoms with van der Waals surface area (Å²) in [6.07, 6.45) is -10.0. The average molecular weight is 747 g/mol. The van der Waals surface area contributed by atoms with Crippen molar-refractivity contribution in [1.82, 2.24) is 9.13 Å². The third-order valence-corrected chi connectivity index (χ3v) is 10.3. The van der Waals surface area contributed by atoms with Gasteiger partial charge in [0, 0.05) is 32.9 Å². The number of rotatable bonds is 4. The van der Waals surface area contributed by atoms with Crippen molar-refractivity contribution in [2.24, 2.45) is 0 Å². The Morgan fingerprint density at radius 3 is 1.54 bits per heavy atom. The van der Waals surface area contributed by atoms with Crippen LogP contribution >= 0.6 is 0 Å². The van der Waals surface area contributed by atoms with Crippen LogP contribution in [0.25, 0.3) is 77.2 Å². The van der Waals surface area contributed by atoms with Gasteiger partial charge in [-0.25, -0.2) is 0 Å². The number of hydrogen-bond donors (Lipinski definition) is 0. The van der Waals surface area contributed by atoms with Crippen LogP contribution in [0.3, 0.4) is 0 Å². The van der Waals surface area contributed by atoms with Gasteiger partial charge in [-0.15, -0.1) is 0 Å². The predicted molar refractivity (Wildman–Crippen MR) is 205 cm³/mol. The molecule has 0 saturated carbocycles. The Kier molecular flexibility index (Phi) is 7.78. The number of alkyl halides is 6. The highest BCUT2D eigenvalue weighted by Crippen LogP contribution is 2.46. The van der Waals surface area contributed by atoms with Crippen LogP contribution in [0.15, 0.2) is 146 Å². The number of aromatic nitrogens is 2. The molecule has 270 valence electrons. The molecular weight excluding hydrogens is 723 g/mol. The molecule has 0 fully saturated rings. The lowest BCUT2D eigenvalue weighted by molar-refractivity contribution is -0.139. The summed E-state index contributed by atoms with van der Waals surface area (Å²) in [7, 11) is 0. The van der Waals surface area contributed by atoms with E-state index in [1.54, 1.807) is 88.0 Å². The van der Waals surface area contributed by atoms with E-state index in [-0.39, 0.29) is 11.4 Å². The van der Waals surface area contributed by atoms with Gasteiger partial charge in [-0.05, 0) is 95.1 Å². The van der Waals surface area contributed by atoms with Crippen molar-refractivity contribution in [3.63, 3.8) is 0 Å². The van der Waals surface area contributed by atoms with Crippen LogP contribution < -0.4 is 0 Å². The summed E-state index contributed by atoms with van der Waals surface area (Å²) in [5.41, 5.74) is 1.03. The number of nitriles is 2. The fraction of sp³-hybridized carbons (Fsp3) is 0.0435. The van der Waals surface area contributed by atoms with E-state index in [0.29, 0.717) is 55.1 Å². The standard InChI is InChI=1S/C46H24F6N4/c47-45(48,49)38-20-17-30(55-41-14-6-4-12-35(41)44-29(26-54)9-7-15-42(44)55)23-36(38)37-24-31(18-21-39(37)46(50,51)52)56-40-13-5-3-11-33(40)34-19-16-27(22-43(34)56)32-10-2-1-8-28(32)25-53/h1-24H. The van der Waals surface area contributed by atoms with Gasteiger partial charge < -0.3 is 9.13 Å². The van der Waals surface area contributed by atoms with E-state index in [0.717, 1.165) is 29.0 Å². The van der Waals surface area contributed by atoms with Crippen molar-refractivity contribution in [1.29, 1.82) is 10.5 Å². The summed E-state index contributed by atoms with van der Waals surface area (Å²) in [4.78, 5) is 0. The number of hydrogen-bond acceptors (Lipinski definition) is 2. The Morgan fingerprint density at radius 2 is 0.911 bits per heavy atom. The first kappa shape index (κ1) is 34.5. The zero-order valence-electron chi connectivity index (χ0n) is 28.9. The molecule has 0 aliphatic carbocycles. The molecule has 0 N–H and O–H groups in total. The Morgan fingerprint density at radius 1 is 0.411 bits per heavy atom. The summed E-state index contributed by atoms with van der Waals surface area (Å²) < 4.78 is 93.2. The number of para-hydroxylation sites is 2. The highest BCUT2D eigenvalue weighted by molar-refractivity contribution is 6.12. The zero-order chi connectivity index (χ0) is 38.9. The highest BCUT2D eigenvalue weighted by Gasteiger charge is 2.39. The monoisotopic (exact) mass is 746 g/mol. The molecule has 7 aromatic carbocycles. The number of nitrogens with zero attached hydrogens (tertiary/aromatic N) is 4. The lowest BCUT2D eigenvalue weighted by atomic mass is 9.93. The van der Waals surface area contributed by atoms with E-state index in [4.69, 9.17) is 0 Å². The van der Waals surface area contributed by atoms with E-state index >= 15 is 0 Å². The minimum absolute atomic E-state index is 0.186. The van der Waals surface area contributed by atoms with Crippen LogP contribution in [0, 0.1) is 22.7 Å². The van der Waals surface area contributed by atoms with Crippen LogP contribution in [0.5, 0.6) is 0 Å². The molecule has 0 saturated heterocycles. The van der Waals surface area contributed by atoms with Gasteiger partial charge in [0.05, 0.1) is 56.5 Å². The van der Waals surface area contributed by atoms with E-state index in [9.17, 15) is 36.9 Å². The fourth-order valence-electron chi connectivity index (χ4n) is 7.92. The van der Waals surface area contributed by atoms with Crippen molar-refractivity contribution in [3.05, 3.63) is 168 Å². The summed E-state index contributed by atoms with van der Waals surface area (Å²) in [5.74, 6) is 0. The SMILES string of the molecule is N#Cc1ccccc1-c1ccc2c3ccccc3n(-c3ccc(C(F)(F)F)c(-c4cc(-n5c6ccccc6c6c(C#N)cccc65)ccc4C(F)(F)F)c3)c2c1. The molecule has 56 heavy (non-hydrogen) atoms. The first-order valence-corrected chi connectivity index (χ1v) is 17.4. The molecule has 0 aliphatic heterocycles. The number of halogens is 6. The minimum Gasteiger partial charge on any atom is -0.309 e. The van der Waals surface area contributed by atoms with Crippen LogP contribution in [0.2, 0.25) is 0 Å². The maximum Gasteiger partial charge on any atom is 0.417 e. The van der Waals surface area contributed by atoms with Crippen molar-refractivity contribution in [2.45, 2.75) is 12.4 Å². The summed E-state index contributed by atoms with van der Waals surface area (Å²) in [6.45, 7) is 0. The van der Waals surface area contributed by atoms with E-state index < -0.39 is 34.6 Å². The van der Waals surface area contributed by atoms with Crippen LogP contribution in [-0.2, 0) is 12.4 Å². The van der Waals surface area contributed by atoms with Gasteiger partial charge in [0.1, 0.15) is 0 Å². The Labute approximate surface area is 314 Å². The summed E-state index contributed by atoms with van der Waals surface area (Å²) >= 11 is 0. The van der Waals surface area contributed by atoms with Gasteiger partial charge in [-0.1, -0.05) is 72.8 Å². The second-order valence-corrected chi connectivity index (χ2v) is 13.4. The predicted octanol–water partition coefficient (Wildman–Crippen LogP) is 13.0. The molecular formula is C46H24F6N4. The number of fused-ring (bicyclic) bond motifs is 6. The largest absolute Gasteiger partial charge is 0.417 e. The smallest absolute Gasteiger partial charge is 0.309 e. The third-order valence-electron chi connectivity index (χ3n) is 10.3.